The Morgan fingerprint density at radius 2 is 1.56 bits per heavy atom. The molecule has 2 aromatic carbocycles. The number of carbonyl (C=O) groups excluding carboxylic acids is 8. The summed E-state index contributed by atoms with van der Waals surface area (Å²) in [4.78, 5) is 117. The Hall–Kier alpha value is -6.81. The van der Waals surface area contributed by atoms with Crippen LogP contribution in [-0.4, -0.2) is 121 Å². The normalized spacial score (nSPS) is 22.8. The molecule has 2 aromatic heterocycles. The number of aromatic nitrogens is 3. The summed E-state index contributed by atoms with van der Waals surface area (Å²) < 4.78 is 7.73. The largest absolute Gasteiger partial charge is 0.445 e. The van der Waals surface area contributed by atoms with E-state index in [1.54, 1.807) is 38.1 Å². The number of aryl methyl sites for hydroxylation is 2. The van der Waals surface area contributed by atoms with E-state index in [0.29, 0.717) is 85.4 Å². The van der Waals surface area contributed by atoms with Crippen LogP contribution >= 0.6 is 11.8 Å². The zero-order valence-electron chi connectivity index (χ0n) is 50.4. The third-order valence-electron chi connectivity index (χ3n) is 18.4. The van der Waals surface area contributed by atoms with Crippen molar-refractivity contribution in [3.05, 3.63) is 59.9 Å². The van der Waals surface area contributed by atoms with Crippen molar-refractivity contribution in [2.24, 2.45) is 28.9 Å². The Balaban J connectivity index is 0.744. The fraction of sp³-hybridized carbons (Fsp3) is 0.619. The van der Waals surface area contributed by atoms with Gasteiger partial charge in [0.15, 0.2) is 11.6 Å². The first-order valence-corrected chi connectivity index (χ1v) is 32.1. The molecule has 0 spiro atoms. The molecule has 462 valence electrons. The number of hydrogen-bond donors (Lipinski definition) is 8. The molecule has 4 aliphatic rings. The number of amides is 8. The summed E-state index contributed by atoms with van der Waals surface area (Å²) in [7, 11) is 0. The number of Topliss-reactive ketones (excluding diaryl/α,β-unsaturated/α-hetero) is 1. The number of likely N-dealkylation sites (tertiary alicyclic amines) is 1. The number of primary amides is 1. The number of ether oxygens (including phenoxy) is 1. The minimum Gasteiger partial charge on any atom is -0.445 e. The molecule has 2 saturated carbocycles. The molecule has 4 aromatic rings. The van der Waals surface area contributed by atoms with Gasteiger partial charge in [0, 0.05) is 73.2 Å². The van der Waals surface area contributed by atoms with E-state index in [9.17, 15) is 38.4 Å². The van der Waals surface area contributed by atoms with Crippen LogP contribution in [0.4, 0.5) is 21.1 Å². The number of para-hydroxylation sites is 1. The maximum Gasteiger partial charge on any atom is 0.407 e. The predicted molar refractivity (Wildman–Crippen MR) is 330 cm³/mol. The van der Waals surface area contributed by atoms with Gasteiger partial charge in [-0.3, -0.25) is 33.7 Å². The number of imide groups is 1. The highest BCUT2D eigenvalue weighted by Crippen LogP contribution is 2.61. The number of hydrogen-bond acceptors (Lipinski definition) is 14. The van der Waals surface area contributed by atoms with Crippen molar-refractivity contribution in [3.63, 3.8) is 0 Å². The number of rotatable bonds is 29. The summed E-state index contributed by atoms with van der Waals surface area (Å²) in [6, 6.07) is 11.6. The number of carbonyl (C=O) groups is 8. The number of nitrogens with two attached hydrogens (primary N) is 2. The molecule has 2 bridgehead atoms. The quantitative estimate of drug-likeness (QED) is 0.0189. The number of imidazole rings is 1. The average molecular weight is 1190 g/mol. The van der Waals surface area contributed by atoms with E-state index in [2.05, 4.69) is 62.2 Å². The SMILES string of the molecule is CCCCc1nc2c(N)nc3ccccc3c2n1CCCCNC(=O)OCc1ccc(NC(=O)C(CCCNC(N)=O)NC(=O)C(NC(=O)CCCCCN2C(=O)CC(SCC3NC4(C)C5CCCCCCC(C5)C4(C)C3=O)C2=O)C(C)C)cc1. The Kier molecular flexibility index (Phi) is 22.3. The van der Waals surface area contributed by atoms with Crippen molar-refractivity contribution in [3.8, 4) is 0 Å². The first-order chi connectivity index (χ1) is 40.8. The zero-order valence-corrected chi connectivity index (χ0v) is 51.2. The minimum atomic E-state index is -1.05. The monoisotopic (exact) mass is 1190 g/mol. The molecule has 8 rings (SSSR count). The molecule has 2 aliphatic heterocycles. The summed E-state index contributed by atoms with van der Waals surface area (Å²) in [5.41, 5.74) is 14.6. The van der Waals surface area contributed by atoms with E-state index in [1.807, 2.05) is 24.3 Å². The van der Waals surface area contributed by atoms with Gasteiger partial charge in [0.05, 0.1) is 22.3 Å². The van der Waals surface area contributed by atoms with Crippen LogP contribution in [0.3, 0.4) is 0 Å². The summed E-state index contributed by atoms with van der Waals surface area (Å²) in [6.45, 7) is 11.6. The lowest BCUT2D eigenvalue weighted by Crippen LogP contribution is -2.54. The van der Waals surface area contributed by atoms with Crippen LogP contribution in [0, 0.1) is 23.2 Å². The number of urea groups is 1. The van der Waals surface area contributed by atoms with Crippen molar-refractivity contribution in [2.45, 2.75) is 199 Å². The highest BCUT2D eigenvalue weighted by atomic mass is 32.2. The topological polar surface area (TPSA) is 304 Å². The third kappa shape index (κ3) is 15.4. The lowest BCUT2D eigenvalue weighted by Gasteiger charge is -2.40. The smallest absolute Gasteiger partial charge is 0.407 e. The summed E-state index contributed by atoms with van der Waals surface area (Å²) >= 11 is 1.41. The Morgan fingerprint density at radius 3 is 2.31 bits per heavy atom. The standard InChI is InChI=1S/C63H90N12O9S/c1-6-7-25-49-71-53-54(44-22-14-15-23-45(44)69-56(53)64)74(49)33-18-16-31-67-61(83)84-37-40-27-29-43(30-28-40)68-57(79)46(24-19-32-66-60(65)82)70-58(80)52(39(2)3)72-50(76)26-13-10-17-34-75-51(77)36-48(59(75)81)85-38-47-55(78)62(4)41-20-11-8-9-12-21-42(35-41)63(62,5)73-47/h14-15,22-23,27-30,39,41-42,46-48,52,73H,6-13,16-21,24-26,31-38H2,1-5H3,(H2,64,69)(H,67,83)(H,68,79)(H,70,80)(H,72,76)(H3,65,66,82). The number of fused-ring (bicyclic) bond motifs is 8. The van der Waals surface area contributed by atoms with Gasteiger partial charge in [0.1, 0.15) is 30.0 Å². The lowest BCUT2D eigenvalue weighted by molar-refractivity contribution is -0.138. The second kappa shape index (κ2) is 29.5. The summed E-state index contributed by atoms with van der Waals surface area (Å²) in [5, 5.41) is 18.1. The molecule has 10 N–H and O–H groups in total. The maximum absolute atomic E-state index is 14.1. The number of alkyl carbamates (subject to hydrolysis) is 1. The third-order valence-corrected chi connectivity index (χ3v) is 19.7. The number of pyridine rings is 1. The molecule has 22 heteroatoms. The predicted octanol–water partition coefficient (Wildman–Crippen LogP) is 7.95. The van der Waals surface area contributed by atoms with Crippen LogP contribution in [0.1, 0.15) is 162 Å². The molecule has 2 aliphatic carbocycles. The molecule has 8 atom stereocenters. The van der Waals surface area contributed by atoms with Crippen molar-refractivity contribution in [1.29, 1.82) is 0 Å². The fourth-order valence-corrected chi connectivity index (χ4v) is 14.6. The van der Waals surface area contributed by atoms with Crippen molar-refractivity contribution in [1.82, 2.24) is 46.0 Å². The number of anilines is 2. The van der Waals surface area contributed by atoms with Gasteiger partial charge in [0.25, 0.3) is 0 Å². The van der Waals surface area contributed by atoms with Crippen LogP contribution in [-0.2, 0) is 53.1 Å². The molecule has 8 unspecified atom stereocenters. The minimum absolute atomic E-state index is 0.0113. The van der Waals surface area contributed by atoms with Crippen LogP contribution in [0.15, 0.2) is 48.5 Å². The number of thioether (sulfide) groups is 1. The molecule has 4 heterocycles. The van der Waals surface area contributed by atoms with Crippen LogP contribution in [0.5, 0.6) is 0 Å². The van der Waals surface area contributed by atoms with E-state index in [-0.39, 0.29) is 80.0 Å². The number of nitrogen functional groups attached to an aromatic ring is 1. The Labute approximate surface area is 503 Å². The van der Waals surface area contributed by atoms with Crippen molar-refractivity contribution in [2.75, 3.05) is 36.4 Å². The summed E-state index contributed by atoms with van der Waals surface area (Å²) in [5.74, 6) is 0.689. The number of unbranched alkanes of at least 4 members (excludes halogenated alkanes) is 4. The van der Waals surface area contributed by atoms with Gasteiger partial charge in [-0.15, -0.1) is 11.8 Å². The van der Waals surface area contributed by atoms with Gasteiger partial charge in [-0.05, 0) is 113 Å². The molecule has 85 heavy (non-hydrogen) atoms. The van der Waals surface area contributed by atoms with Crippen LogP contribution in [0.2, 0.25) is 0 Å². The van der Waals surface area contributed by atoms with E-state index in [1.165, 1.54) is 35.9 Å². The van der Waals surface area contributed by atoms with E-state index >= 15 is 0 Å². The zero-order chi connectivity index (χ0) is 60.8. The van der Waals surface area contributed by atoms with Gasteiger partial charge in [-0.2, -0.15) is 0 Å². The number of nitrogens with zero attached hydrogens (tertiary/aromatic N) is 4. The van der Waals surface area contributed by atoms with Gasteiger partial charge in [0.2, 0.25) is 29.5 Å². The number of benzene rings is 2. The first-order valence-electron chi connectivity index (χ1n) is 31.1. The van der Waals surface area contributed by atoms with E-state index in [4.69, 9.17) is 21.2 Å². The molecular weight excluding hydrogens is 1100 g/mol. The molecular formula is C63H90N12O9S. The molecule has 2 saturated heterocycles. The van der Waals surface area contributed by atoms with E-state index in [0.717, 1.165) is 73.6 Å². The first kappa shape index (κ1) is 64.2. The van der Waals surface area contributed by atoms with E-state index < -0.39 is 46.7 Å². The molecule has 4 fully saturated rings. The van der Waals surface area contributed by atoms with Gasteiger partial charge in [-0.25, -0.2) is 19.6 Å². The van der Waals surface area contributed by atoms with Gasteiger partial charge < -0.3 is 52.7 Å². The van der Waals surface area contributed by atoms with Crippen LogP contribution in [0.25, 0.3) is 21.9 Å². The van der Waals surface area contributed by atoms with Gasteiger partial charge >= 0.3 is 12.1 Å². The number of nitrogens with one attached hydrogen (secondary N) is 6. The number of ketones is 1. The van der Waals surface area contributed by atoms with Gasteiger partial charge in [-0.1, -0.05) is 96.6 Å². The molecule has 0 radical (unpaired) electrons. The van der Waals surface area contributed by atoms with Crippen molar-refractivity contribution < 1.29 is 43.1 Å². The second-order valence-electron chi connectivity index (χ2n) is 24.5. The Morgan fingerprint density at radius 1 is 0.835 bits per heavy atom. The fourth-order valence-electron chi connectivity index (χ4n) is 13.4. The maximum atomic E-state index is 14.1. The lowest BCUT2D eigenvalue weighted by atomic mass is 9.66. The summed E-state index contributed by atoms with van der Waals surface area (Å²) in [6.07, 6.45) is 14.1. The highest BCUT2D eigenvalue weighted by molar-refractivity contribution is 8.00. The van der Waals surface area contributed by atoms with Crippen molar-refractivity contribution >= 4 is 92.6 Å². The molecule has 21 nitrogen and oxygen atoms in total. The molecule has 8 amide bonds. The highest BCUT2D eigenvalue weighted by Gasteiger charge is 2.68. The van der Waals surface area contributed by atoms with Crippen LogP contribution < -0.4 is 43.4 Å². The Bertz CT molecular complexity index is 3050. The average Bonchev–Trinajstić information content (AvgIpc) is 1.59. The second-order valence-corrected chi connectivity index (χ2v) is 25.7.